The van der Waals surface area contributed by atoms with E-state index in [1.807, 2.05) is 6.92 Å². The molecule has 4 bridgehead atoms. The normalized spacial score (nSPS) is 61.6. The van der Waals surface area contributed by atoms with Crippen molar-refractivity contribution < 1.29 is 4.79 Å². The SMILES string of the molecule is C=C1[C@]2(C)C=C[C@@H]3[C@@]1(C)[C@]3(C)C2=O. The van der Waals surface area contributed by atoms with Gasteiger partial charge in [-0.15, -0.1) is 0 Å². The van der Waals surface area contributed by atoms with Crippen LogP contribution in [0.3, 0.4) is 0 Å². The van der Waals surface area contributed by atoms with Gasteiger partial charge >= 0.3 is 0 Å². The van der Waals surface area contributed by atoms with E-state index in [0.717, 1.165) is 5.57 Å². The van der Waals surface area contributed by atoms with Crippen LogP contribution in [0.15, 0.2) is 24.3 Å². The summed E-state index contributed by atoms with van der Waals surface area (Å²) in [6.45, 7) is 10.4. The molecule has 0 saturated heterocycles. The van der Waals surface area contributed by atoms with Crippen molar-refractivity contribution in [3.63, 3.8) is 0 Å². The van der Waals surface area contributed by atoms with E-state index in [0.29, 0.717) is 11.7 Å². The molecule has 4 atom stereocenters. The number of carbonyl (C=O) groups excluding carboxylic acids is 1. The number of carbonyl (C=O) groups is 1. The van der Waals surface area contributed by atoms with E-state index < -0.39 is 0 Å². The Morgan fingerprint density at radius 1 is 1.31 bits per heavy atom. The smallest absolute Gasteiger partial charge is 0.153 e. The minimum Gasteiger partial charge on any atom is -0.298 e. The van der Waals surface area contributed by atoms with E-state index in [1.165, 1.54) is 0 Å². The molecule has 0 aromatic rings. The second kappa shape index (κ2) is 1.45. The van der Waals surface area contributed by atoms with Crippen molar-refractivity contribution in [2.24, 2.45) is 22.2 Å². The summed E-state index contributed by atoms with van der Waals surface area (Å²) in [5, 5.41) is 0. The Morgan fingerprint density at radius 3 is 2.23 bits per heavy atom. The molecule has 0 spiro atoms. The van der Waals surface area contributed by atoms with Gasteiger partial charge in [0, 0.05) is 16.7 Å². The van der Waals surface area contributed by atoms with Crippen LogP contribution in [0.1, 0.15) is 20.8 Å². The van der Waals surface area contributed by atoms with Crippen LogP contribution in [0.5, 0.6) is 0 Å². The molecule has 1 nitrogen and oxygen atoms in total. The van der Waals surface area contributed by atoms with E-state index in [4.69, 9.17) is 0 Å². The van der Waals surface area contributed by atoms with Gasteiger partial charge < -0.3 is 0 Å². The summed E-state index contributed by atoms with van der Waals surface area (Å²) in [5.74, 6) is 0.821. The van der Waals surface area contributed by atoms with Crippen LogP contribution in [-0.2, 0) is 4.79 Å². The highest BCUT2D eigenvalue weighted by molar-refractivity contribution is 6.05. The molecule has 2 saturated carbocycles. The second-order valence-electron chi connectivity index (χ2n) is 5.25. The standard InChI is InChI=1S/C12H14O/c1-7-10(2)6-5-8-11(7,3)12(8,4)9(10)13/h5-6,8H,1H2,2-4H3/t8-,10+,11+,12+/m1/s1. The lowest BCUT2D eigenvalue weighted by Gasteiger charge is -2.31. The maximum atomic E-state index is 12.2. The zero-order valence-electron chi connectivity index (χ0n) is 8.35. The average molecular weight is 174 g/mol. The predicted molar refractivity (Wildman–Crippen MR) is 51.1 cm³/mol. The first-order valence-corrected chi connectivity index (χ1v) is 4.84. The molecule has 2 fully saturated rings. The molecule has 0 aromatic carbocycles. The van der Waals surface area contributed by atoms with E-state index in [-0.39, 0.29) is 16.2 Å². The van der Waals surface area contributed by atoms with Gasteiger partial charge in [-0.25, -0.2) is 0 Å². The maximum absolute atomic E-state index is 12.2. The lowest BCUT2D eigenvalue weighted by atomic mass is 9.71. The first-order valence-electron chi connectivity index (χ1n) is 4.84. The number of hydrogen-bond donors (Lipinski definition) is 0. The molecule has 68 valence electrons. The van der Waals surface area contributed by atoms with Crippen LogP contribution >= 0.6 is 0 Å². The summed E-state index contributed by atoms with van der Waals surface area (Å²) in [5.41, 5.74) is 0.749. The van der Waals surface area contributed by atoms with Gasteiger partial charge in [0.2, 0.25) is 0 Å². The van der Waals surface area contributed by atoms with E-state index >= 15 is 0 Å². The van der Waals surface area contributed by atoms with Crippen molar-refractivity contribution in [2.45, 2.75) is 20.8 Å². The lowest BCUT2D eigenvalue weighted by Crippen LogP contribution is -2.33. The fourth-order valence-corrected chi connectivity index (χ4v) is 3.78. The summed E-state index contributed by atoms with van der Waals surface area (Å²) in [4.78, 5) is 12.2. The highest BCUT2D eigenvalue weighted by Gasteiger charge is 2.84. The Morgan fingerprint density at radius 2 is 1.92 bits per heavy atom. The lowest BCUT2D eigenvalue weighted by molar-refractivity contribution is -0.128. The van der Waals surface area contributed by atoms with Gasteiger partial charge in [0.25, 0.3) is 0 Å². The van der Waals surface area contributed by atoms with E-state index in [1.54, 1.807) is 0 Å². The van der Waals surface area contributed by atoms with Crippen molar-refractivity contribution in [1.82, 2.24) is 0 Å². The Kier molecular flexibility index (Phi) is 0.841. The molecule has 0 radical (unpaired) electrons. The molecule has 4 aliphatic rings. The largest absolute Gasteiger partial charge is 0.298 e. The number of Topliss-reactive ketones (excluding diaryl/α,β-unsaturated/α-hetero) is 1. The number of ketones is 1. The Hall–Kier alpha value is -0.850. The third-order valence-corrected chi connectivity index (χ3v) is 5.06. The number of hydrogen-bond acceptors (Lipinski definition) is 1. The van der Waals surface area contributed by atoms with Crippen LogP contribution < -0.4 is 0 Å². The summed E-state index contributed by atoms with van der Waals surface area (Å²) >= 11 is 0. The summed E-state index contributed by atoms with van der Waals surface area (Å²) in [6, 6.07) is 0. The molecule has 1 heteroatoms. The summed E-state index contributed by atoms with van der Waals surface area (Å²) in [7, 11) is 0. The molecule has 4 aliphatic carbocycles. The monoisotopic (exact) mass is 174 g/mol. The number of rotatable bonds is 0. The molecule has 13 heavy (non-hydrogen) atoms. The van der Waals surface area contributed by atoms with Gasteiger partial charge in [-0.05, 0) is 6.92 Å². The van der Waals surface area contributed by atoms with Gasteiger partial charge in [-0.3, -0.25) is 4.79 Å². The van der Waals surface area contributed by atoms with Crippen molar-refractivity contribution in [2.75, 3.05) is 0 Å². The maximum Gasteiger partial charge on any atom is 0.153 e. The van der Waals surface area contributed by atoms with E-state index in [9.17, 15) is 4.79 Å². The first-order chi connectivity index (χ1) is 5.90. The minimum absolute atomic E-state index is 0.0770. The summed E-state index contributed by atoms with van der Waals surface area (Å²) < 4.78 is 0. The molecule has 4 rings (SSSR count). The molecule has 0 heterocycles. The second-order valence-corrected chi connectivity index (χ2v) is 5.25. The molecule has 0 aromatic heterocycles. The van der Waals surface area contributed by atoms with Crippen LogP contribution in [0.4, 0.5) is 0 Å². The molecule has 0 aliphatic heterocycles. The van der Waals surface area contributed by atoms with Crippen molar-refractivity contribution >= 4 is 5.78 Å². The Balaban J connectivity index is 2.37. The van der Waals surface area contributed by atoms with Crippen LogP contribution in [0.25, 0.3) is 0 Å². The third kappa shape index (κ3) is 0.403. The fourth-order valence-electron chi connectivity index (χ4n) is 3.78. The molecule has 0 amide bonds. The topological polar surface area (TPSA) is 17.1 Å². The Labute approximate surface area is 78.5 Å². The summed E-state index contributed by atoms with van der Waals surface area (Å²) in [6.07, 6.45) is 4.27. The zero-order valence-corrected chi connectivity index (χ0v) is 8.35. The van der Waals surface area contributed by atoms with Gasteiger partial charge in [0.05, 0.1) is 5.41 Å². The predicted octanol–water partition coefficient (Wildman–Crippen LogP) is 2.34. The molecule has 0 N–H and O–H groups in total. The van der Waals surface area contributed by atoms with Crippen molar-refractivity contribution in [1.29, 1.82) is 0 Å². The quantitative estimate of drug-likeness (QED) is 0.515. The molecular formula is C12H14O. The van der Waals surface area contributed by atoms with Gasteiger partial charge in [-0.1, -0.05) is 38.2 Å². The molecular weight excluding hydrogens is 160 g/mol. The first kappa shape index (κ1) is 7.54. The highest BCUT2D eigenvalue weighted by Crippen LogP contribution is 2.84. The number of allylic oxidation sites excluding steroid dienone is 3. The zero-order chi connectivity index (χ0) is 9.65. The highest BCUT2D eigenvalue weighted by atomic mass is 16.1. The molecule has 0 unspecified atom stereocenters. The third-order valence-electron chi connectivity index (χ3n) is 5.06. The average Bonchev–Trinajstić information content (AvgIpc) is 2.56. The van der Waals surface area contributed by atoms with Gasteiger partial charge in [-0.2, -0.15) is 0 Å². The van der Waals surface area contributed by atoms with Crippen LogP contribution in [0.2, 0.25) is 0 Å². The van der Waals surface area contributed by atoms with Crippen LogP contribution in [-0.4, -0.2) is 5.78 Å². The van der Waals surface area contributed by atoms with Crippen molar-refractivity contribution in [3.8, 4) is 0 Å². The van der Waals surface area contributed by atoms with Gasteiger partial charge in [0.15, 0.2) is 5.78 Å². The minimum atomic E-state index is -0.349. The fraction of sp³-hybridized carbons (Fsp3) is 0.583. The Bertz CT molecular complexity index is 362. The van der Waals surface area contributed by atoms with E-state index in [2.05, 4.69) is 32.6 Å². The van der Waals surface area contributed by atoms with Gasteiger partial charge in [0.1, 0.15) is 0 Å². The van der Waals surface area contributed by atoms with Crippen LogP contribution in [0, 0.1) is 22.2 Å². The van der Waals surface area contributed by atoms with Crippen molar-refractivity contribution in [3.05, 3.63) is 24.3 Å².